The predicted octanol–water partition coefficient (Wildman–Crippen LogP) is 30.5. The van der Waals surface area contributed by atoms with Crippen molar-refractivity contribution >= 4 is 131 Å². The lowest BCUT2D eigenvalue weighted by molar-refractivity contribution is 1.08. The number of nitriles is 1. The van der Waals surface area contributed by atoms with Crippen LogP contribution in [0.4, 0.5) is 0 Å². The van der Waals surface area contributed by atoms with Gasteiger partial charge in [-0.3, -0.25) is 0 Å². The van der Waals surface area contributed by atoms with E-state index in [9.17, 15) is 5.26 Å². The molecule has 134 heavy (non-hydrogen) atoms. The molecule has 8 heterocycles. The van der Waals surface area contributed by atoms with E-state index in [0.29, 0.717) is 28.9 Å². The summed E-state index contributed by atoms with van der Waals surface area (Å²) in [7, 11) is 0. The maximum Gasteiger partial charge on any atom is 0.164 e. The van der Waals surface area contributed by atoms with Crippen molar-refractivity contribution in [3.8, 4) is 108 Å². The van der Waals surface area contributed by atoms with Gasteiger partial charge in [-0.25, -0.2) is 24.9 Å². The van der Waals surface area contributed by atoms with Crippen LogP contribution in [0.2, 0.25) is 0 Å². The Hall–Kier alpha value is -18.4. The smallest absolute Gasteiger partial charge is 0.164 e. The maximum absolute atomic E-state index is 9.57. The summed E-state index contributed by atoms with van der Waals surface area (Å²) >= 11 is 0. The lowest BCUT2D eigenvalue weighted by atomic mass is 10.0. The lowest BCUT2D eigenvalue weighted by Crippen LogP contribution is -2.00. The number of hydrogen-bond donors (Lipinski definition) is 0. The molecule has 0 unspecified atom stereocenters. The van der Waals surface area contributed by atoms with E-state index in [1.807, 2.05) is 103 Å². The number of benzene rings is 19. The third-order valence-electron chi connectivity index (χ3n) is 26.0. The Labute approximate surface area is 770 Å². The van der Waals surface area contributed by atoms with Gasteiger partial charge in [0.15, 0.2) is 23.3 Å². The van der Waals surface area contributed by atoms with E-state index in [1.54, 1.807) is 0 Å². The monoisotopic (exact) mass is 1710 g/mol. The first kappa shape index (κ1) is 77.9. The molecule has 8 aromatic heterocycles. The van der Waals surface area contributed by atoms with Crippen molar-refractivity contribution in [1.29, 1.82) is 5.26 Å². The molecule has 0 radical (unpaired) electrons. The van der Waals surface area contributed by atoms with Crippen molar-refractivity contribution < 1.29 is 0 Å². The normalized spacial score (nSPS) is 11.6. The summed E-state index contributed by atoms with van der Waals surface area (Å²) in [6.07, 6.45) is 0. The van der Waals surface area contributed by atoms with Gasteiger partial charge in [0.1, 0.15) is 0 Å². The average Bonchev–Trinajstić information content (AvgIpc) is 1.56. The molecule has 0 fully saturated rings. The van der Waals surface area contributed by atoms with E-state index in [2.05, 4.69) is 404 Å². The van der Waals surface area contributed by atoms with Crippen molar-refractivity contribution in [1.82, 2.24) is 52.3 Å². The molecule has 12 heteroatoms. The summed E-state index contributed by atoms with van der Waals surface area (Å²) in [4.78, 5) is 25.5. The highest BCUT2D eigenvalue weighted by atomic mass is 15.1. The summed E-state index contributed by atoms with van der Waals surface area (Å²) in [5, 5.41) is 23.9. The summed E-state index contributed by atoms with van der Waals surface area (Å²) in [5.74, 6) is 2.63. The van der Waals surface area contributed by atoms with Crippen LogP contribution >= 0.6 is 0 Å². The standard InChI is InChI=1S/C46H30N4.C45H29N5.C31H19N3/c1-4-14-31(15-5-1)40-30-41(48-46(47-40)32-16-6-2-7-17-32)33-24-26-44-38(28-33)39-29-35(25-27-45(39)49(44)34-18-8-3-9-19-34)50-42-22-12-10-20-36(42)37-21-11-13-23-43(37)50;1-4-15-30(16-5-1)43-46-44(31-17-6-2-7-18-31)48-45(47-43)36-23-14-26-41-42(36)37-29-33(27-28-40(37)49(41)32-19-8-3-9-20-32)50-38-24-12-10-21-34(38)35-22-11-13-25-39(35)50;32-20-21-14-16-30-26(18-21)27-19-23(15-17-31(27)33(30)22-8-2-1-3-9-22)34-28-12-6-4-10-24(28)25-11-5-7-13-29(25)34/h1-30H;1-29H;1-19H. The minimum absolute atomic E-state index is 0.637. The summed E-state index contributed by atoms with van der Waals surface area (Å²) in [6.45, 7) is 0. The zero-order valence-corrected chi connectivity index (χ0v) is 72.4. The highest BCUT2D eigenvalue weighted by Gasteiger charge is 2.25. The Kier molecular flexibility index (Phi) is 19.0. The number of nitrogens with zero attached hydrogens (tertiary/aromatic N) is 12. The van der Waals surface area contributed by atoms with E-state index >= 15 is 0 Å². The molecule has 0 amide bonds. The molecule has 19 aromatic carbocycles. The molecule has 626 valence electrons. The van der Waals surface area contributed by atoms with Crippen LogP contribution in [0.15, 0.2) is 473 Å². The van der Waals surface area contributed by atoms with E-state index < -0.39 is 0 Å². The Balaban J connectivity index is 0.000000110. The highest BCUT2D eigenvalue weighted by molar-refractivity contribution is 6.19. The van der Waals surface area contributed by atoms with Gasteiger partial charge in [-0.1, -0.05) is 303 Å². The number of hydrogen-bond acceptors (Lipinski definition) is 6. The summed E-state index contributed by atoms with van der Waals surface area (Å²) in [6, 6.07) is 168. The quantitative estimate of drug-likeness (QED) is 0.120. The minimum Gasteiger partial charge on any atom is -0.309 e. The first-order chi connectivity index (χ1) is 66.4. The maximum atomic E-state index is 9.57. The van der Waals surface area contributed by atoms with Crippen LogP contribution in [0, 0.1) is 11.3 Å². The number of rotatable bonds is 12. The Bertz CT molecular complexity index is 9040. The van der Waals surface area contributed by atoms with Gasteiger partial charge in [0.05, 0.1) is 89.2 Å². The van der Waals surface area contributed by atoms with E-state index in [4.69, 9.17) is 24.9 Å². The van der Waals surface area contributed by atoms with Gasteiger partial charge in [-0.05, 0) is 170 Å². The minimum atomic E-state index is 0.637. The topological polar surface area (TPSA) is 118 Å². The van der Waals surface area contributed by atoms with Crippen molar-refractivity contribution in [2.75, 3.05) is 0 Å². The fraction of sp³-hybridized carbons (Fsp3) is 0. The van der Waals surface area contributed by atoms with Gasteiger partial charge in [0.2, 0.25) is 0 Å². The highest BCUT2D eigenvalue weighted by Crippen LogP contribution is 2.45. The fourth-order valence-electron chi connectivity index (χ4n) is 20.1. The first-order valence-electron chi connectivity index (χ1n) is 45.1. The molecular formula is C122H78N12. The Morgan fingerprint density at radius 1 is 0.164 bits per heavy atom. The largest absolute Gasteiger partial charge is 0.309 e. The van der Waals surface area contributed by atoms with E-state index in [1.165, 1.54) is 76.2 Å². The van der Waals surface area contributed by atoms with Crippen molar-refractivity contribution in [3.63, 3.8) is 0 Å². The van der Waals surface area contributed by atoms with Gasteiger partial charge >= 0.3 is 0 Å². The van der Waals surface area contributed by atoms with Crippen LogP contribution in [0.5, 0.6) is 0 Å². The molecule has 0 saturated heterocycles. The SMILES string of the molecule is N#Cc1ccc2c(c1)c1cc(-n3c4ccccc4c4ccccc43)ccc1n2-c1ccccc1.c1ccc(-c2cc(-c3ccc4c(c3)c3cc(-n5c6ccccc6c6ccccc65)ccc3n4-c3ccccc3)nc(-c3ccccc3)n2)cc1.c1ccc(-c2nc(-c3ccccc3)nc(-c3cccc4c3c3cc(-n5c6ccccc6c6ccccc65)ccc3n4-c3ccccc3)n2)cc1. The zero-order valence-electron chi connectivity index (χ0n) is 72.4. The molecule has 0 spiro atoms. The molecule has 27 aromatic rings. The third-order valence-corrected chi connectivity index (χ3v) is 26.0. The second kappa shape index (κ2) is 32.7. The summed E-state index contributed by atoms with van der Waals surface area (Å²) < 4.78 is 14.1. The molecule has 0 aliphatic rings. The molecule has 0 N–H and O–H groups in total. The van der Waals surface area contributed by atoms with E-state index in [-0.39, 0.29) is 0 Å². The van der Waals surface area contributed by atoms with Crippen LogP contribution < -0.4 is 0 Å². The predicted molar refractivity (Wildman–Crippen MR) is 552 cm³/mol. The number of para-hydroxylation sites is 9. The molecule has 0 bridgehead atoms. The molecular weight excluding hydrogens is 1630 g/mol. The van der Waals surface area contributed by atoms with Gasteiger partial charge in [0, 0.05) is 132 Å². The van der Waals surface area contributed by atoms with Crippen LogP contribution in [0.25, 0.3) is 233 Å². The second-order valence-electron chi connectivity index (χ2n) is 33.7. The van der Waals surface area contributed by atoms with Gasteiger partial charge < -0.3 is 27.4 Å². The third kappa shape index (κ3) is 13.3. The van der Waals surface area contributed by atoms with Gasteiger partial charge in [-0.2, -0.15) is 5.26 Å². The molecule has 0 aliphatic heterocycles. The first-order valence-corrected chi connectivity index (χ1v) is 45.1. The van der Waals surface area contributed by atoms with Crippen LogP contribution in [0.3, 0.4) is 0 Å². The van der Waals surface area contributed by atoms with Crippen molar-refractivity contribution in [2.45, 2.75) is 0 Å². The molecule has 0 saturated carbocycles. The number of fused-ring (bicyclic) bond motifs is 18. The van der Waals surface area contributed by atoms with Crippen molar-refractivity contribution in [3.05, 3.63) is 479 Å². The Morgan fingerprint density at radius 3 is 0.821 bits per heavy atom. The van der Waals surface area contributed by atoms with Crippen LogP contribution in [-0.2, 0) is 0 Å². The van der Waals surface area contributed by atoms with Gasteiger partial charge in [0.25, 0.3) is 0 Å². The molecule has 12 nitrogen and oxygen atoms in total. The van der Waals surface area contributed by atoms with Crippen LogP contribution in [-0.4, -0.2) is 52.3 Å². The molecule has 27 rings (SSSR count). The molecule has 0 atom stereocenters. The Morgan fingerprint density at radius 2 is 0.433 bits per heavy atom. The molecule has 0 aliphatic carbocycles. The van der Waals surface area contributed by atoms with E-state index in [0.717, 1.165) is 134 Å². The lowest BCUT2D eigenvalue weighted by Gasteiger charge is -2.10. The van der Waals surface area contributed by atoms with Crippen LogP contribution in [0.1, 0.15) is 5.56 Å². The zero-order chi connectivity index (χ0) is 88.7. The van der Waals surface area contributed by atoms with Gasteiger partial charge in [-0.15, -0.1) is 0 Å². The average molecular weight is 1710 g/mol. The summed E-state index contributed by atoms with van der Waals surface area (Å²) in [5.41, 5.74) is 28.9. The van der Waals surface area contributed by atoms with Crippen molar-refractivity contribution in [2.24, 2.45) is 0 Å². The fourth-order valence-corrected chi connectivity index (χ4v) is 20.1. The number of aromatic nitrogens is 11. The second-order valence-corrected chi connectivity index (χ2v) is 33.7.